The van der Waals surface area contributed by atoms with Crippen molar-refractivity contribution >= 4 is 17.4 Å². The van der Waals surface area contributed by atoms with Gasteiger partial charge in [-0.15, -0.1) is 10.2 Å². The fourth-order valence-corrected chi connectivity index (χ4v) is 2.05. The summed E-state index contributed by atoms with van der Waals surface area (Å²) in [6.45, 7) is 0. The first-order chi connectivity index (χ1) is 7.33. The minimum atomic E-state index is 0.217. The van der Waals surface area contributed by atoms with E-state index in [1.54, 1.807) is 0 Å². The zero-order valence-corrected chi connectivity index (χ0v) is 9.57. The summed E-state index contributed by atoms with van der Waals surface area (Å²) in [5, 5.41) is 8.30. The summed E-state index contributed by atoms with van der Waals surface area (Å²) in [7, 11) is 0. The molecule has 1 atom stereocenters. The highest BCUT2D eigenvalue weighted by molar-refractivity contribution is 7.98. The molecule has 2 heterocycles. The number of fused-ring (bicyclic) bond motifs is 1. The fourth-order valence-electron chi connectivity index (χ4n) is 1.53. The monoisotopic (exact) mass is 223 g/mol. The smallest absolute Gasteiger partial charge is 0.195 e. The zero-order valence-electron chi connectivity index (χ0n) is 8.76. The van der Waals surface area contributed by atoms with Crippen molar-refractivity contribution in [2.24, 2.45) is 0 Å². The van der Waals surface area contributed by atoms with Gasteiger partial charge in [0.05, 0.1) is 0 Å². The van der Waals surface area contributed by atoms with Crippen LogP contribution in [0.4, 0.5) is 0 Å². The van der Waals surface area contributed by atoms with E-state index in [9.17, 15) is 0 Å². The number of aromatic nitrogens is 3. The van der Waals surface area contributed by atoms with Crippen molar-refractivity contribution in [2.45, 2.75) is 12.5 Å². The Morgan fingerprint density at radius 1 is 1.47 bits per heavy atom. The molecule has 0 spiro atoms. The molecule has 80 valence electrons. The van der Waals surface area contributed by atoms with E-state index in [1.807, 2.05) is 40.6 Å². The Balaban J connectivity index is 2.27. The number of hydrogen-bond donors (Lipinski definition) is 1. The van der Waals surface area contributed by atoms with Crippen LogP contribution in [0.2, 0.25) is 0 Å². The molecule has 0 saturated heterocycles. The summed E-state index contributed by atoms with van der Waals surface area (Å²) in [5.74, 6) is 2.07. The van der Waals surface area contributed by atoms with Gasteiger partial charge in [0.1, 0.15) is 6.04 Å². The third-order valence-corrected chi connectivity index (χ3v) is 3.02. The van der Waals surface area contributed by atoms with Gasteiger partial charge < -0.3 is 5.73 Å². The fraction of sp³-hybridized carbons (Fsp3) is 0.400. The summed E-state index contributed by atoms with van der Waals surface area (Å²) in [6, 6.07) is 6.13. The first-order valence-corrected chi connectivity index (χ1v) is 6.34. The molecule has 0 fully saturated rings. The van der Waals surface area contributed by atoms with Crippen molar-refractivity contribution in [3.8, 4) is 0 Å². The minimum Gasteiger partial charge on any atom is -0.349 e. The molecular formula is C10H15N4S+. The van der Waals surface area contributed by atoms with Crippen LogP contribution in [0, 0.1) is 0 Å². The Kier molecular flexibility index (Phi) is 3.23. The number of thioether (sulfide) groups is 1. The summed E-state index contributed by atoms with van der Waals surface area (Å²) < 4.78 is 2.01. The van der Waals surface area contributed by atoms with Crippen molar-refractivity contribution in [3.63, 3.8) is 0 Å². The lowest BCUT2D eigenvalue weighted by molar-refractivity contribution is -0.429. The maximum absolute atomic E-state index is 4.19. The molecule has 0 unspecified atom stereocenters. The molecule has 4 nitrogen and oxygen atoms in total. The van der Waals surface area contributed by atoms with Crippen molar-refractivity contribution in [2.75, 3.05) is 12.0 Å². The molecule has 0 aliphatic carbocycles. The Morgan fingerprint density at radius 2 is 2.33 bits per heavy atom. The highest BCUT2D eigenvalue weighted by atomic mass is 32.2. The second kappa shape index (κ2) is 4.63. The van der Waals surface area contributed by atoms with Crippen molar-refractivity contribution < 1.29 is 5.73 Å². The third-order valence-electron chi connectivity index (χ3n) is 2.38. The molecule has 0 aliphatic heterocycles. The van der Waals surface area contributed by atoms with Crippen LogP contribution in [0.15, 0.2) is 24.4 Å². The first kappa shape index (κ1) is 10.4. The van der Waals surface area contributed by atoms with E-state index in [1.165, 1.54) is 0 Å². The van der Waals surface area contributed by atoms with E-state index >= 15 is 0 Å². The predicted octanol–water partition coefficient (Wildman–Crippen LogP) is 0.765. The summed E-state index contributed by atoms with van der Waals surface area (Å²) in [4.78, 5) is 0. The van der Waals surface area contributed by atoms with Crippen molar-refractivity contribution in [1.82, 2.24) is 14.6 Å². The van der Waals surface area contributed by atoms with Gasteiger partial charge in [0.25, 0.3) is 0 Å². The molecule has 5 heteroatoms. The van der Waals surface area contributed by atoms with Crippen LogP contribution in [0.1, 0.15) is 18.3 Å². The molecular weight excluding hydrogens is 208 g/mol. The summed E-state index contributed by atoms with van der Waals surface area (Å²) in [6.07, 6.45) is 5.13. The number of nitrogens with zero attached hydrogens (tertiary/aromatic N) is 3. The molecule has 0 radical (unpaired) electrons. The third kappa shape index (κ3) is 2.13. The van der Waals surface area contributed by atoms with Crippen LogP contribution in [0.5, 0.6) is 0 Å². The summed E-state index contributed by atoms with van der Waals surface area (Å²) >= 11 is 1.84. The number of pyridine rings is 1. The maximum atomic E-state index is 4.19. The molecule has 0 saturated carbocycles. The quantitative estimate of drug-likeness (QED) is 0.832. The van der Waals surface area contributed by atoms with E-state index in [-0.39, 0.29) is 6.04 Å². The van der Waals surface area contributed by atoms with Crippen molar-refractivity contribution in [1.29, 1.82) is 0 Å². The molecule has 0 aliphatic rings. The Morgan fingerprint density at radius 3 is 3.13 bits per heavy atom. The second-order valence-electron chi connectivity index (χ2n) is 3.47. The van der Waals surface area contributed by atoms with E-state index in [0.29, 0.717) is 0 Å². The maximum Gasteiger partial charge on any atom is 0.195 e. The van der Waals surface area contributed by atoms with Gasteiger partial charge in [0, 0.05) is 12.6 Å². The standard InChI is InChI=1S/C10H14N4S/c1-15-7-5-8(11)10-13-12-9-4-2-3-6-14(9)10/h2-4,6,8H,5,7,11H2,1H3/p+1/t8-/m1/s1. The van der Waals surface area contributed by atoms with Crippen LogP contribution in [0.25, 0.3) is 5.65 Å². The molecule has 2 rings (SSSR count). The zero-order chi connectivity index (χ0) is 10.7. The summed E-state index contributed by atoms with van der Waals surface area (Å²) in [5.41, 5.74) is 5.03. The van der Waals surface area contributed by atoms with E-state index in [4.69, 9.17) is 0 Å². The van der Waals surface area contributed by atoms with Gasteiger partial charge in [-0.25, -0.2) is 0 Å². The largest absolute Gasteiger partial charge is 0.349 e. The topological polar surface area (TPSA) is 57.8 Å². The first-order valence-electron chi connectivity index (χ1n) is 4.94. The molecule has 0 amide bonds. The molecule has 2 aromatic rings. The van der Waals surface area contributed by atoms with Crippen LogP contribution in [-0.2, 0) is 0 Å². The second-order valence-corrected chi connectivity index (χ2v) is 4.45. The SMILES string of the molecule is CSCC[C@@H]([NH3+])c1nnc2ccccn12. The lowest BCUT2D eigenvalue weighted by Gasteiger charge is -2.05. The highest BCUT2D eigenvalue weighted by Gasteiger charge is 2.15. The number of hydrogen-bond acceptors (Lipinski definition) is 3. The van der Waals surface area contributed by atoms with E-state index < -0.39 is 0 Å². The van der Waals surface area contributed by atoms with Gasteiger partial charge in [-0.1, -0.05) is 6.07 Å². The average molecular weight is 223 g/mol. The van der Waals surface area contributed by atoms with E-state index in [2.05, 4.69) is 22.2 Å². The lowest BCUT2D eigenvalue weighted by atomic mass is 10.2. The predicted molar refractivity (Wildman–Crippen MR) is 61.6 cm³/mol. The van der Waals surface area contributed by atoms with Crippen LogP contribution in [0.3, 0.4) is 0 Å². The molecule has 15 heavy (non-hydrogen) atoms. The minimum absolute atomic E-state index is 0.217. The van der Waals surface area contributed by atoms with Gasteiger partial charge in [-0.2, -0.15) is 11.8 Å². The lowest BCUT2D eigenvalue weighted by Crippen LogP contribution is -2.54. The van der Waals surface area contributed by atoms with Crippen molar-refractivity contribution in [3.05, 3.63) is 30.2 Å². The van der Waals surface area contributed by atoms with Gasteiger partial charge in [-0.05, 0) is 24.1 Å². The van der Waals surface area contributed by atoms with Crippen LogP contribution in [-0.4, -0.2) is 26.6 Å². The number of quaternary nitrogens is 1. The normalized spacial score (nSPS) is 13.2. The molecule has 2 aromatic heterocycles. The van der Waals surface area contributed by atoms with Gasteiger partial charge in [0.15, 0.2) is 11.5 Å². The Hall–Kier alpha value is -1.07. The molecule has 0 aromatic carbocycles. The number of rotatable bonds is 4. The van der Waals surface area contributed by atoms with Gasteiger partial charge in [-0.3, -0.25) is 4.40 Å². The molecule has 0 bridgehead atoms. The van der Waals surface area contributed by atoms with Crippen LogP contribution < -0.4 is 5.73 Å². The highest BCUT2D eigenvalue weighted by Crippen LogP contribution is 2.13. The molecule has 3 N–H and O–H groups in total. The van der Waals surface area contributed by atoms with Gasteiger partial charge in [0.2, 0.25) is 0 Å². The van der Waals surface area contributed by atoms with Crippen LogP contribution >= 0.6 is 11.8 Å². The van der Waals surface area contributed by atoms with E-state index in [0.717, 1.165) is 23.6 Å². The average Bonchev–Trinajstić information content (AvgIpc) is 2.69. The Labute approximate surface area is 92.9 Å². The van der Waals surface area contributed by atoms with Gasteiger partial charge >= 0.3 is 0 Å². The Bertz CT molecular complexity index is 440.